The van der Waals surface area contributed by atoms with Gasteiger partial charge in [-0.25, -0.2) is 4.98 Å². The number of halogens is 4. The number of carbonyl (C=O) groups is 4. The lowest BCUT2D eigenvalue weighted by atomic mass is 9.93. The van der Waals surface area contributed by atoms with Gasteiger partial charge in [-0.1, -0.05) is 30.3 Å². The van der Waals surface area contributed by atoms with Crippen molar-refractivity contribution in [3.8, 4) is 0 Å². The van der Waals surface area contributed by atoms with Crippen molar-refractivity contribution in [3.05, 3.63) is 48.0 Å². The highest BCUT2D eigenvalue weighted by Gasteiger charge is 2.50. The first-order chi connectivity index (χ1) is 19.0. The van der Waals surface area contributed by atoms with Gasteiger partial charge >= 0.3 is 13.2 Å². The molecule has 0 unspecified atom stereocenters. The minimum Gasteiger partial charge on any atom is -0.361 e. The molecule has 0 aliphatic carbocycles. The van der Waals surface area contributed by atoms with Crippen LogP contribution in [0.25, 0.3) is 0 Å². The van der Waals surface area contributed by atoms with Crippen molar-refractivity contribution in [1.29, 1.82) is 0 Å². The molecule has 0 radical (unpaired) electrons. The molecule has 3 rings (SSSR count). The van der Waals surface area contributed by atoms with Gasteiger partial charge in [0.15, 0.2) is 11.6 Å². The van der Waals surface area contributed by atoms with Crippen LogP contribution in [0.15, 0.2) is 36.7 Å². The fourth-order valence-electron chi connectivity index (χ4n) is 3.69. The summed E-state index contributed by atoms with van der Waals surface area (Å²) in [5, 5.41) is 10.3. The number of carbonyl (C=O) groups excluding carboxylic acids is 4. The number of Topliss-reactive ketones (excluding diaryl/α,β-unsaturated/α-hetero) is 2. The molecule has 1 aromatic carbocycles. The molecule has 4 atom stereocenters. The number of alkyl halides is 4. The number of epoxide rings is 1. The molecule has 0 saturated carbocycles. The normalized spacial score (nSPS) is 18.7. The molecule has 218 valence electrons. The topological polar surface area (TPSA) is 165 Å². The highest BCUT2D eigenvalue weighted by molar-refractivity contribution is 5.99. The molecule has 0 spiro atoms. The number of hydrogen-bond donors (Lipinski definition) is 3. The Balaban J connectivity index is 1.76. The Kier molecular flexibility index (Phi) is 10.8. The van der Waals surface area contributed by atoms with E-state index in [-0.39, 0.29) is 18.9 Å². The molecule has 1 saturated heterocycles. The zero-order chi connectivity index (χ0) is 29.3. The molecule has 1 fully saturated rings. The fourth-order valence-corrected chi connectivity index (χ4v) is 3.69. The van der Waals surface area contributed by atoms with Gasteiger partial charge in [-0.3, -0.25) is 24.3 Å². The van der Waals surface area contributed by atoms with Gasteiger partial charge in [-0.15, -0.1) is 0 Å². The Labute approximate surface area is 225 Å². The van der Waals surface area contributed by atoms with Crippen molar-refractivity contribution in [1.82, 2.24) is 25.8 Å². The number of aromatic nitrogens is 3. The quantitative estimate of drug-likeness (QED) is 0.185. The molecule has 1 aliphatic rings. The minimum atomic E-state index is -3.30. The SMILES string of the molecule is C[C@]1(C(=O)[C@H](Cc2ccccc2)NC(=O)[C@H](COC(F)F)CC(=O)[C@H](COC(F)F)NC(=O)c2ncn[nH]2)CO1. The van der Waals surface area contributed by atoms with Crippen molar-refractivity contribution >= 4 is 23.4 Å². The van der Waals surface area contributed by atoms with E-state index in [0.29, 0.717) is 5.56 Å². The van der Waals surface area contributed by atoms with E-state index in [2.05, 4.69) is 35.3 Å². The van der Waals surface area contributed by atoms with Crippen molar-refractivity contribution < 1.29 is 51.0 Å². The van der Waals surface area contributed by atoms with Crippen LogP contribution in [-0.4, -0.2) is 89.3 Å². The van der Waals surface area contributed by atoms with Crippen LogP contribution >= 0.6 is 0 Å². The zero-order valence-electron chi connectivity index (χ0n) is 21.2. The lowest BCUT2D eigenvalue weighted by Crippen LogP contribution is -2.51. The first-order valence-electron chi connectivity index (χ1n) is 12.0. The van der Waals surface area contributed by atoms with Crippen LogP contribution < -0.4 is 10.6 Å². The summed E-state index contributed by atoms with van der Waals surface area (Å²) in [5.74, 6) is -5.38. The van der Waals surface area contributed by atoms with E-state index in [1.165, 1.54) is 6.92 Å². The van der Waals surface area contributed by atoms with Crippen LogP contribution in [0.5, 0.6) is 0 Å². The van der Waals surface area contributed by atoms with Crippen LogP contribution in [0.4, 0.5) is 17.6 Å². The monoisotopic (exact) mass is 573 g/mol. The first kappa shape index (κ1) is 30.8. The van der Waals surface area contributed by atoms with Crippen molar-refractivity contribution in [3.63, 3.8) is 0 Å². The van der Waals surface area contributed by atoms with E-state index >= 15 is 0 Å². The zero-order valence-corrected chi connectivity index (χ0v) is 21.2. The third-order valence-corrected chi connectivity index (χ3v) is 5.97. The lowest BCUT2D eigenvalue weighted by molar-refractivity contribution is -0.155. The lowest BCUT2D eigenvalue weighted by Gasteiger charge is -2.24. The van der Waals surface area contributed by atoms with Crippen LogP contribution in [0.2, 0.25) is 0 Å². The van der Waals surface area contributed by atoms with Gasteiger partial charge in [0.1, 0.15) is 18.0 Å². The van der Waals surface area contributed by atoms with Crippen molar-refractivity contribution in [2.75, 3.05) is 19.8 Å². The second-order valence-electron chi connectivity index (χ2n) is 9.05. The summed E-state index contributed by atoms with van der Waals surface area (Å²) in [5.41, 5.74) is -0.457. The number of nitrogens with one attached hydrogen (secondary N) is 3. The molecule has 0 bridgehead atoms. The molecule has 1 aliphatic heterocycles. The van der Waals surface area contributed by atoms with Gasteiger partial charge in [0.05, 0.1) is 31.8 Å². The number of rotatable bonds is 17. The number of hydrogen-bond acceptors (Lipinski definition) is 9. The summed E-state index contributed by atoms with van der Waals surface area (Å²) in [4.78, 5) is 55.1. The number of benzene rings is 1. The van der Waals surface area contributed by atoms with Gasteiger partial charge in [0, 0.05) is 6.42 Å². The maximum Gasteiger partial charge on any atom is 0.345 e. The average Bonchev–Trinajstić information content (AvgIpc) is 3.42. The van der Waals surface area contributed by atoms with Gasteiger partial charge < -0.3 is 24.8 Å². The van der Waals surface area contributed by atoms with E-state index < -0.39 is 79.8 Å². The highest BCUT2D eigenvalue weighted by atomic mass is 19.3. The number of H-pyrrole nitrogens is 1. The largest absolute Gasteiger partial charge is 0.361 e. The second kappa shape index (κ2) is 14.0. The predicted octanol–water partition coefficient (Wildman–Crippen LogP) is 1.04. The van der Waals surface area contributed by atoms with Crippen LogP contribution in [0.1, 0.15) is 29.5 Å². The van der Waals surface area contributed by atoms with Crippen LogP contribution in [-0.2, 0) is 35.0 Å². The van der Waals surface area contributed by atoms with Gasteiger partial charge in [-0.2, -0.15) is 22.7 Å². The van der Waals surface area contributed by atoms with Gasteiger partial charge in [0.2, 0.25) is 11.7 Å². The standard InChI is InChI=1S/C24H27F4N5O7/c1-24(11-40-24)18(35)15(7-13-5-3-2-4-6-13)31-20(36)14(9-38-22(25)26)8-17(34)16(10-39-23(27)28)32-21(37)19-29-12-30-33-19/h2-6,12,14-16,22-23H,7-11H2,1H3,(H,31,36)(H,32,37)(H,29,30,33)/t14-,15-,16-,24+/m0/s1. The molecule has 1 aromatic heterocycles. The van der Waals surface area contributed by atoms with Gasteiger partial charge in [0.25, 0.3) is 5.91 Å². The molecule has 3 N–H and O–H groups in total. The summed E-state index contributed by atoms with van der Waals surface area (Å²) in [6.07, 6.45) is 0.203. The maximum atomic E-state index is 13.2. The van der Waals surface area contributed by atoms with E-state index in [0.717, 1.165) is 6.33 Å². The van der Waals surface area contributed by atoms with Crippen molar-refractivity contribution in [2.45, 2.75) is 50.7 Å². The average molecular weight is 574 g/mol. The molecule has 2 heterocycles. The van der Waals surface area contributed by atoms with E-state index in [9.17, 15) is 36.7 Å². The molecule has 2 amide bonds. The predicted molar refractivity (Wildman–Crippen MR) is 126 cm³/mol. The Morgan fingerprint density at radius 2 is 1.68 bits per heavy atom. The maximum absolute atomic E-state index is 13.2. The summed E-state index contributed by atoms with van der Waals surface area (Å²) in [6, 6.07) is 5.77. The van der Waals surface area contributed by atoms with Crippen molar-refractivity contribution in [2.24, 2.45) is 5.92 Å². The van der Waals surface area contributed by atoms with Crippen LogP contribution in [0.3, 0.4) is 0 Å². The summed E-state index contributed by atoms with van der Waals surface area (Å²) in [6.45, 7) is -6.88. The Morgan fingerprint density at radius 3 is 2.25 bits per heavy atom. The fraction of sp³-hybridized carbons (Fsp3) is 0.500. The Hall–Kier alpha value is -3.76. The molecule has 40 heavy (non-hydrogen) atoms. The molecule has 2 aromatic rings. The second-order valence-corrected chi connectivity index (χ2v) is 9.05. The molecular weight excluding hydrogens is 546 g/mol. The number of aromatic amines is 1. The number of amides is 2. The Bertz CT molecular complexity index is 1150. The summed E-state index contributed by atoms with van der Waals surface area (Å²) in [7, 11) is 0. The third-order valence-electron chi connectivity index (χ3n) is 5.97. The summed E-state index contributed by atoms with van der Waals surface area (Å²) < 4.78 is 64.7. The highest BCUT2D eigenvalue weighted by Crippen LogP contribution is 2.29. The Morgan fingerprint density at radius 1 is 1.02 bits per heavy atom. The summed E-state index contributed by atoms with van der Waals surface area (Å²) >= 11 is 0. The third kappa shape index (κ3) is 9.17. The number of ketones is 2. The number of ether oxygens (including phenoxy) is 3. The van der Waals surface area contributed by atoms with E-state index in [1.807, 2.05) is 0 Å². The van der Waals surface area contributed by atoms with E-state index in [4.69, 9.17) is 4.74 Å². The van der Waals surface area contributed by atoms with Gasteiger partial charge in [-0.05, 0) is 18.9 Å². The minimum absolute atomic E-state index is 0.0405. The first-order valence-corrected chi connectivity index (χ1v) is 12.0. The van der Waals surface area contributed by atoms with E-state index in [1.54, 1.807) is 30.3 Å². The molecule has 16 heteroatoms. The molecular formula is C24H27F4N5O7. The van der Waals surface area contributed by atoms with Crippen LogP contribution in [0, 0.1) is 5.92 Å². The molecule has 12 nitrogen and oxygen atoms in total. The number of nitrogens with zero attached hydrogens (tertiary/aromatic N) is 2. The smallest absolute Gasteiger partial charge is 0.345 e.